The lowest BCUT2D eigenvalue weighted by Gasteiger charge is -2.11. The summed E-state index contributed by atoms with van der Waals surface area (Å²) in [6, 6.07) is 15.9. The van der Waals surface area contributed by atoms with Gasteiger partial charge in [-0.05, 0) is 24.3 Å². The molecule has 0 atom stereocenters. The molecule has 0 saturated carbocycles. The van der Waals surface area contributed by atoms with Crippen LogP contribution in [0.25, 0.3) is 5.69 Å². The Kier molecular flexibility index (Phi) is 5.85. The molecular weight excluding hydrogens is 393 g/mol. The second-order valence-electron chi connectivity index (χ2n) is 6.02. The fourth-order valence-corrected chi connectivity index (χ4v) is 3.45. The number of para-hydroxylation sites is 2. The van der Waals surface area contributed by atoms with E-state index in [1.807, 2.05) is 41.8 Å². The Morgan fingerprint density at radius 2 is 1.72 bits per heavy atom. The summed E-state index contributed by atoms with van der Waals surface area (Å²) in [7, 11) is 0. The van der Waals surface area contributed by atoms with Gasteiger partial charge in [-0.15, -0.1) is 20.4 Å². The number of hydrogen-bond acceptors (Lipinski definition) is 7. The van der Waals surface area contributed by atoms with Gasteiger partial charge < -0.3 is 9.15 Å². The zero-order valence-electron chi connectivity index (χ0n) is 15.7. The minimum atomic E-state index is -0.420. The molecule has 2 aromatic heterocycles. The number of hydrogen-bond donors (Lipinski definition) is 0. The number of aromatic nitrogens is 5. The first-order valence-electron chi connectivity index (χ1n) is 9.05. The van der Waals surface area contributed by atoms with Crippen LogP contribution in [0.3, 0.4) is 0 Å². The van der Waals surface area contributed by atoms with Gasteiger partial charge in [0.05, 0.1) is 5.75 Å². The topological polar surface area (TPSA) is 78.9 Å². The molecule has 4 rings (SSSR count). The summed E-state index contributed by atoms with van der Waals surface area (Å²) in [5.41, 5.74) is 0.881. The fourth-order valence-electron chi connectivity index (χ4n) is 2.64. The maximum absolute atomic E-state index is 13.9. The van der Waals surface area contributed by atoms with E-state index in [0.29, 0.717) is 34.9 Å². The van der Waals surface area contributed by atoms with Gasteiger partial charge in [-0.2, -0.15) is 0 Å². The van der Waals surface area contributed by atoms with Crippen LogP contribution in [0, 0.1) is 5.82 Å². The Balaban J connectivity index is 1.57. The van der Waals surface area contributed by atoms with Crippen LogP contribution in [-0.2, 0) is 18.8 Å². The molecule has 0 N–H and O–H groups in total. The maximum atomic E-state index is 13.9. The SMILES string of the molecule is CCc1nnc(CSc2nnc(COc3ccccc3F)n2-c2ccccc2)o1. The van der Waals surface area contributed by atoms with Crippen LogP contribution in [0.4, 0.5) is 4.39 Å². The van der Waals surface area contributed by atoms with Gasteiger partial charge in [0.2, 0.25) is 11.8 Å². The van der Waals surface area contributed by atoms with Crippen molar-refractivity contribution in [3.63, 3.8) is 0 Å². The maximum Gasteiger partial charge on any atom is 0.226 e. The van der Waals surface area contributed by atoms with E-state index in [1.54, 1.807) is 18.2 Å². The summed E-state index contributed by atoms with van der Waals surface area (Å²) >= 11 is 1.43. The summed E-state index contributed by atoms with van der Waals surface area (Å²) in [5, 5.41) is 17.2. The van der Waals surface area contributed by atoms with E-state index in [-0.39, 0.29) is 12.4 Å². The van der Waals surface area contributed by atoms with Crippen molar-refractivity contribution in [2.45, 2.75) is 30.9 Å². The molecule has 2 heterocycles. The molecule has 0 amide bonds. The van der Waals surface area contributed by atoms with Gasteiger partial charge in [0.25, 0.3) is 0 Å². The fraction of sp³-hybridized carbons (Fsp3) is 0.200. The van der Waals surface area contributed by atoms with Crippen molar-refractivity contribution in [1.29, 1.82) is 0 Å². The largest absolute Gasteiger partial charge is 0.483 e. The zero-order chi connectivity index (χ0) is 20.1. The molecule has 0 aliphatic carbocycles. The number of halogens is 1. The summed E-state index contributed by atoms with van der Waals surface area (Å²) in [5.74, 6) is 1.90. The van der Waals surface area contributed by atoms with Crippen LogP contribution in [0.5, 0.6) is 5.75 Å². The first-order chi connectivity index (χ1) is 14.2. The van der Waals surface area contributed by atoms with Crippen LogP contribution in [-0.4, -0.2) is 25.0 Å². The van der Waals surface area contributed by atoms with Crippen molar-refractivity contribution in [1.82, 2.24) is 25.0 Å². The summed E-state index contributed by atoms with van der Waals surface area (Å²) in [6.07, 6.45) is 0.690. The number of benzene rings is 2. The first-order valence-corrected chi connectivity index (χ1v) is 10.0. The Bertz CT molecular complexity index is 1080. The van der Waals surface area contributed by atoms with Crippen LogP contribution in [0.15, 0.2) is 64.2 Å². The Morgan fingerprint density at radius 1 is 0.966 bits per heavy atom. The lowest BCUT2D eigenvalue weighted by atomic mass is 10.3. The van der Waals surface area contributed by atoms with Gasteiger partial charge in [0.1, 0.15) is 6.61 Å². The second kappa shape index (κ2) is 8.87. The molecule has 9 heteroatoms. The molecule has 0 unspecified atom stereocenters. The van der Waals surface area contributed by atoms with Gasteiger partial charge in [-0.1, -0.05) is 49.0 Å². The second-order valence-corrected chi connectivity index (χ2v) is 6.96. The molecule has 0 radical (unpaired) electrons. The predicted octanol–water partition coefficient (Wildman–Crippen LogP) is 4.22. The lowest BCUT2D eigenvalue weighted by Crippen LogP contribution is -2.07. The highest BCUT2D eigenvalue weighted by Crippen LogP contribution is 2.26. The Morgan fingerprint density at radius 3 is 2.48 bits per heavy atom. The van der Waals surface area contributed by atoms with Crippen LogP contribution >= 0.6 is 11.8 Å². The molecule has 0 aliphatic rings. The van der Waals surface area contributed by atoms with E-state index in [0.717, 1.165) is 5.69 Å². The highest BCUT2D eigenvalue weighted by atomic mass is 32.2. The number of thioether (sulfide) groups is 1. The van der Waals surface area contributed by atoms with Gasteiger partial charge in [-0.25, -0.2) is 4.39 Å². The van der Waals surface area contributed by atoms with E-state index in [1.165, 1.54) is 17.8 Å². The average Bonchev–Trinajstić information content (AvgIpc) is 3.39. The van der Waals surface area contributed by atoms with E-state index in [9.17, 15) is 4.39 Å². The average molecular weight is 411 g/mol. The van der Waals surface area contributed by atoms with E-state index >= 15 is 0 Å². The van der Waals surface area contributed by atoms with Crippen molar-refractivity contribution >= 4 is 11.8 Å². The minimum Gasteiger partial charge on any atom is -0.483 e. The Hall–Kier alpha value is -3.20. The molecule has 0 bridgehead atoms. The summed E-state index contributed by atoms with van der Waals surface area (Å²) < 4.78 is 26.9. The third-order valence-corrected chi connectivity index (χ3v) is 4.96. The van der Waals surface area contributed by atoms with Crippen LogP contribution in [0.2, 0.25) is 0 Å². The molecule has 0 aliphatic heterocycles. The number of ether oxygens (including phenoxy) is 1. The summed E-state index contributed by atoms with van der Waals surface area (Å²) in [6.45, 7) is 2.03. The highest BCUT2D eigenvalue weighted by molar-refractivity contribution is 7.98. The molecule has 29 heavy (non-hydrogen) atoms. The number of aryl methyl sites for hydroxylation is 1. The minimum absolute atomic E-state index is 0.0733. The monoisotopic (exact) mass is 411 g/mol. The third-order valence-electron chi connectivity index (χ3n) is 4.04. The molecule has 4 aromatic rings. The van der Waals surface area contributed by atoms with E-state index in [2.05, 4.69) is 20.4 Å². The van der Waals surface area contributed by atoms with Gasteiger partial charge in [0.15, 0.2) is 22.5 Å². The molecule has 2 aromatic carbocycles. The van der Waals surface area contributed by atoms with Crippen molar-refractivity contribution in [2.75, 3.05) is 0 Å². The Labute approximate surface area is 170 Å². The van der Waals surface area contributed by atoms with E-state index < -0.39 is 5.82 Å². The molecule has 0 fully saturated rings. The molecule has 0 spiro atoms. The third kappa shape index (κ3) is 4.45. The van der Waals surface area contributed by atoms with E-state index in [4.69, 9.17) is 9.15 Å². The van der Waals surface area contributed by atoms with Crippen molar-refractivity contribution in [3.8, 4) is 11.4 Å². The first kappa shape index (κ1) is 19.1. The van der Waals surface area contributed by atoms with Crippen molar-refractivity contribution in [2.24, 2.45) is 0 Å². The standard InChI is InChI=1S/C20H18FN5O2S/c1-2-18-23-24-19(28-18)13-29-20-25-22-17(26(20)14-8-4-3-5-9-14)12-27-16-11-7-6-10-15(16)21/h3-11H,2,12-13H2,1H3. The molecule has 7 nitrogen and oxygen atoms in total. The van der Waals surface area contributed by atoms with Gasteiger partial charge in [0, 0.05) is 12.1 Å². The molecule has 148 valence electrons. The predicted molar refractivity (Wildman–Crippen MR) is 105 cm³/mol. The smallest absolute Gasteiger partial charge is 0.226 e. The molecular formula is C20H18FN5O2S. The molecule has 0 saturated heterocycles. The van der Waals surface area contributed by atoms with Crippen molar-refractivity contribution in [3.05, 3.63) is 78.0 Å². The van der Waals surface area contributed by atoms with Gasteiger partial charge >= 0.3 is 0 Å². The number of rotatable bonds is 8. The van der Waals surface area contributed by atoms with Crippen LogP contribution in [0.1, 0.15) is 24.5 Å². The lowest BCUT2D eigenvalue weighted by molar-refractivity contribution is 0.278. The van der Waals surface area contributed by atoms with Crippen molar-refractivity contribution < 1.29 is 13.5 Å². The summed E-state index contributed by atoms with van der Waals surface area (Å²) in [4.78, 5) is 0. The van der Waals surface area contributed by atoms with Crippen LogP contribution < -0.4 is 4.74 Å². The number of nitrogens with zero attached hydrogens (tertiary/aromatic N) is 5. The normalized spacial score (nSPS) is 11.0. The highest BCUT2D eigenvalue weighted by Gasteiger charge is 2.17. The zero-order valence-corrected chi connectivity index (χ0v) is 16.5. The van der Waals surface area contributed by atoms with Gasteiger partial charge in [-0.3, -0.25) is 4.57 Å². The quantitative estimate of drug-likeness (QED) is 0.402.